The molecule has 4 aromatic rings. The third-order valence-corrected chi connectivity index (χ3v) is 6.39. The van der Waals surface area contributed by atoms with Crippen LogP contribution in [0.5, 0.6) is 0 Å². The first kappa shape index (κ1) is 25.9. The van der Waals surface area contributed by atoms with Gasteiger partial charge in [0, 0.05) is 18.0 Å². The van der Waals surface area contributed by atoms with E-state index in [2.05, 4.69) is 15.6 Å². The molecule has 4 rings (SSSR count). The highest BCUT2D eigenvalue weighted by molar-refractivity contribution is 7.10. The van der Waals surface area contributed by atoms with Gasteiger partial charge in [-0.05, 0) is 29.2 Å². The molecule has 3 aromatic carbocycles. The number of carbonyl (C=O) groups is 2. The molecule has 0 aliphatic rings. The number of carbonyl (C=O) groups excluding carboxylic acids is 2. The second kappa shape index (κ2) is 13.8. The van der Waals surface area contributed by atoms with Crippen LogP contribution in [0.1, 0.15) is 21.7 Å². The molecule has 0 radical (unpaired) electrons. The van der Waals surface area contributed by atoms with Crippen molar-refractivity contribution in [2.45, 2.75) is 31.5 Å². The molecule has 188 valence electrons. The predicted molar refractivity (Wildman–Crippen MR) is 147 cm³/mol. The Morgan fingerprint density at radius 3 is 2.00 bits per heavy atom. The minimum absolute atomic E-state index is 0.125. The van der Waals surface area contributed by atoms with E-state index in [1.54, 1.807) is 6.20 Å². The van der Waals surface area contributed by atoms with Crippen molar-refractivity contribution in [3.05, 3.63) is 130 Å². The molecule has 0 bridgehead atoms. The van der Waals surface area contributed by atoms with Gasteiger partial charge in [0.05, 0.1) is 6.04 Å². The summed E-state index contributed by atoms with van der Waals surface area (Å²) in [6, 6.07) is 27.9. The van der Waals surface area contributed by atoms with Crippen LogP contribution in [0.3, 0.4) is 0 Å². The summed E-state index contributed by atoms with van der Waals surface area (Å²) in [6.07, 6.45) is 5.89. The van der Waals surface area contributed by atoms with Crippen LogP contribution in [0.25, 0.3) is 6.08 Å². The number of thiazole rings is 1. The molecule has 2 amide bonds. The Bertz CT molecular complexity index is 1260. The molecule has 0 aliphatic carbocycles. The number of nitrogens with one attached hydrogen (secondary N) is 2. The van der Waals surface area contributed by atoms with Crippen molar-refractivity contribution < 1.29 is 14.3 Å². The molecule has 0 unspecified atom stereocenters. The zero-order valence-electron chi connectivity index (χ0n) is 20.3. The van der Waals surface area contributed by atoms with E-state index >= 15 is 0 Å². The van der Waals surface area contributed by atoms with Gasteiger partial charge in [-0.15, -0.1) is 11.3 Å². The summed E-state index contributed by atoms with van der Waals surface area (Å²) in [6.45, 7) is 0.125. The van der Waals surface area contributed by atoms with Gasteiger partial charge in [-0.1, -0.05) is 97.1 Å². The Kier molecular flexibility index (Phi) is 9.61. The van der Waals surface area contributed by atoms with E-state index in [1.165, 1.54) is 11.3 Å². The summed E-state index contributed by atoms with van der Waals surface area (Å²) >= 11 is 1.53. The lowest BCUT2D eigenvalue weighted by atomic mass is 10.0. The molecule has 1 aromatic heterocycles. The van der Waals surface area contributed by atoms with Gasteiger partial charge in [0.2, 0.25) is 5.91 Å². The summed E-state index contributed by atoms with van der Waals surface area (Å²) in [5.74, 6) is -0.287. The molecule has 0 saturated heterocycles. The Morgan fingerprint density at radius 1 is 0.811 bits per heavy atom. The van der Waals surface area contributed by atoms with E-state index in [0.29, 0.717) is 12.8 Å². The maximum absolute atomic E-state index is 13.5. The summed E-state index contributed by atoms with van der Waals surface area (Å²) in [5, 5.41) is 8.64. The van der Waals surface area contributed by atoms with Crippen LogP contribution in [0, 0.1) is 0 Å². The van der Waals surface area contributed by atoms with E-state index in [9.17, 15) is 9.59 Å². The van der Waals surface area contributed by atoms with Gasteiger partial charge in [0.15, 0.2) is 0 Å². The summed E-state index contributed by atoms with van der Waals surface area (Å²) in [5.41, 5.74) is 2.90. The molecule has 0 fully saturated rings. The number of rotatable bonds is 11. The number of aromatic nitrogens is 1. The number of hydrogen-bond donors (Lipinski definition) is 2. The van der Waals surface area contributed by atoms with Gasteiger partial charge in [-0.2, -0.15) is 0 Å². The number of nitrogens with zero attached hydrogens (tertiary/aromatic N) is 1. The molecule has 0 spiro atoms. The smallest absolute Gasteiger partial charge is 0.408 e. The van der Waals surface area contributed by atoms with Crippen LogP contribution in [-0.4, -0.2) is 29.1 Å². The van der Waals surface area contributed by atoms with Crippen molar-refractivity contribution in [3.63, 3.8) is 0 Å². The summed E-state index contributed by atoms with van der Waals surface area (Å²) < 4.78 is 5.39. The SMILES string of the molecule is O=C(N[C@@H](Cc1ccccc1)C(=O)N[C@H](/C=C/c1nccs1)Cc1ccccc1)OCc1ccccc1. The van der Waals surface area contributed by atoms with E-state index in [-0.39, 0.29) is 18.6 Å². The quantitative estimate of drug-likeness (QED) is 0.282. The zero-order valence-corrected chi connectivity index (χ0v) is 21.1. The van der Waals surface area contributed by atoms with E-state index < -0.39 is 12.1 Å². The number of alkyl carbamates (subject to hydrolysis) is 1. The maximum Gasteiger partial charge on any atom is 0.408 e. The van der Waals surface area contributed by atoms with Crippen LogP contribution in [0.2, 0.25) is 0 Å². The lowest BCUT2D eigenvalue weighted by molar-refractivity contribution is -0.123. The van der Waals surface area contributed by atoms with Gasteiger partial charge < -0.3 is 15.4 Å². The minimum Gasteiger partial charge on any atom is -0.445 e. The monoisotopic (exact) mass is 511 g/mol. The number of hydrogen-bond acceptors (Lipinski definition) is 5. The fourth-order valence-electron chi connectivity index (χ4n) is 3.80. The van der Waals surface area contributed by atoms with Crippen molar-refractivity contribution in [2.24, 2.45) is 0 Å². The second-order valence-corrected chi connectivity index (χ2v) is 9.41. The topological polar surface area (TPSA) is 80.3 Å². The molecule has 2 N–H and O–H groups in total. The first-order chi connectivity index (χ1) is 18.2. The lowest BCUT2D eigenvalue weighted by Gasteiger charge is -2.22. The second-order valence-electron chi connectivity index (χ2n) is 8.48. The van der Waals surface area contributed by atoms with Crippen LogP contribution in [-0.2, 0) is 29.0 Å². The van der Waals surface area contributed by atoms with Crippen LogP contribution in [0.4, 0.5) is 4.79 Å². The van der Waals surface area contributed by atoms with E-state index in [4.69, 9.17) is 4.74 Å². The number of amides is 2. The van der Waals surface area contributed by atoms with E-state index in [0.717, 1.165) is 21.7 Å². The molecule has 7 heteroatoms. The molecular weight excluding hydrogens is 482 g/mol. The molecule has 0 aliphatic heterocycles. The van der Waals surface area contributed by atoms with Gasteiger partial charge in [0.1, 0.15) is 17.7 Å². The summed E-state index contributed by atoms with van der Waals surface area (Å²) in [7, 11) is 0. The van der Waals surface area contributed by atoms with Gasteiger partial charge >= 0.3 is 6.09 Å². The Morgan fingerprint density at radius 2 is 1.41 bits per heavy atom. The van der Waals surface area contributed by atoms with Gasteiger partial charge in [-0.25, -0.2) is 9.78 Å². The standard InChI is InChI=1S/C30H29N3O3S/c34-29(32-26(16-17-28-31-18-19-37-28)20-23-10-4-1-5-11-23)27(21-24-12-6-2-7-13-24)33-30(35)36-22-25-14-8-3-9-15-25/h1-19,26-27H,20-22H2,(H,32,34)(H,33,35)/b17-16+/t26-,27+/m1/s1. The molecular formula is C30H29N3O3S. The fourth-order valence-corrected chi connectivity index (χ4v) is 4.34. The number of benzene rings is 3. The Hall–Kier alpha value is -4.23. The average molecular weight is 512 g/mol. The van der Waals surface area contributed by atoms with Gasteiger partial charge in [0.25, 0.3) is 0 Å². The van der Waals surface area contributed by atoms with Crippen molar-refractivity contribution in [1.82, 2.24) is 15.6 Å². The van der Waals surface area contributed by atoms with Crippen molar-refractivity contribution in [1.29, 1.82) is 0 Å². The molecule has 37 heavy (non-hydrogen) atoms. The highest BCUT2D eigenvalue weighted by Gasteiger charge is 2.24. The lowest BCUT2D eigenvalue weighted by Crippen LogP contribution is -2.50. The highest BCUT2D eigenvalue weighted by atomic mass is 32.1. The van der Waals surface area contributed by atoms with Crippen LogP contribution in [0.15, 0.2) is 109 Å². The highest BCUT2D eigenvalue weighted by Crippen LogP contribution is 2.11. The van der Waals surface area contributed by atoms with Crippen molar-refractivity contribution >= 4 is 29.4 Å². The largest absolute Gasteiger partial charge is 0.445 e. The van der Waals surface area contributed by atoms with Gasteiger partial charge in [-0.3, -0.25) is 4.79 Å². The van der Waals surface area contributed by atoms with Crippen molar-refractivity contribution in [3.8, 4) is 0 Å². The average Bonchev–Trinajstić information content (AvgIpc) is 3.46. The first-order valence-corrected chi connectivity index (χ1v) is 13.0. The predicted octanol–water partition coefficient (Wildman–Crippen LogP) is 5.42. The first-order valence-electron chi connectivity index (χ1n) is 12.1. The third kappa shape index (κ3) is 8.74. The van der Waals surface area contributed by atoms with Crippen LogP contribution < -0.4 is 10.6 Å². The molecule has 2 atom stereocenters. The molecule has 0 saturated carbocycles. The Balaban J connectivity index is 1.47. The molecule has 6 nitrogen and oxygen atoms in total. The fraction of sp³-hybridized carbons (Fsp3) is 0.167. The zero-order chi connectivity index (χ0) is 25.7. The normalized spacial score (nSPS) is 12.5. The van der Waals surface area contributed by atoms with E-state index in [1.807, 2.05) is 109 Å². The number of ether oxygens (including phenoxy) is 1. The Labute approximate surface area is 221 Å². The maximum atomic E-state index is 13.5. The minimum atomic E-state index is -0.808. The third-order valence-electron chi connectivity index (χ3n) is 5.65. The molecule has 1 heterocycles. The van der Waals surface area contributed by atoms with Crippen molar-refractivity contribution in [2.75, 3.05) is 0 Å². The van der Waals surface area contributed by atoms with Crippen LogP contribution >= 0.6 is 11.3 Å². The summed E-state index contributed by atoms with van der Waals surface area (Å²) in [4.78, 5) is 30.4.